The van der Waals surface area contributed by atoms with Gasteiger partial charge in [-0.25, -0.2) is 0 Å². The van der Waals surface area contributed by atoms with Crippen LogP contribution in [0.1, 0.15) is 15.9 Å². The summed E-state index contributed by atoms with van der Waals surface area (Å²) in [6, 6.07) is 12.5. The van der Waals surface area contributed by atoms with E-state index in [4.69, 9.17) is 21.1 Å². The number of hydrogen-bond acceptors (Lipinski definition) is 4. The Hall–Kier alpha value is -2.51. The van der Waals surface area contributed by atoms with Crippen molar-refractivity contribution in [2.24, 2.45) is 0 Å². The molecule has 27 heavy (non-hydrogen) atoms. The minimum atomic E-state index is -0.298. The zero-order valence-corrected chi connectivity index (χ0v) is 17.0. The van der Waals surface area contributed by atoms with E-state index in [1.54, 1.807) is 36.2 Å². The van der Waals surface area contributed by atoms with E-state index in [0.717, 1.165) is 5.56 Å². The smallest absolute Gasteiger partial charge is 0.257 e. The number of nitrogens with one attached hydrogen (secondary N) is 1. The highest BCUT2D eigenvalue weighted by Gasteiger charge is 2.14. The third-order valence-electron chi connectivity index (χ3n) is 3.85. The van der Waals surface area contributed by atoms with Crippen LogP contribution in [-0.4, -0.2) is 29.9 Å². The van der Waals surface area contributed by atoms with E-state index in [1.165, 1.54) is 7.11 Å². The molecule has 1 heterocycles. The Morgan fingerprint density at radius 1 is 1.15 bits per heavy atom. The maximum atomic E-state index is 12.5. The molecule has 0 saturated heterocycles. The first-order chi connectivity index (χ1) is 13.0. The largest absolute Gasteiger partial charge is 0.493 e. The van der Waals surface area contributed by atoms with Crippen molar-refractivity contribution in [3.8, 4) is 11.5 Å². The van der Waals surface area contributed by atoms with Crippen molar-refractivity contribution in [1.82, 2.24) is 9.78 Å². The van der Waals surface area contributed by atoms with Crippen LogP contribution < -0.4 is 14.8 Å². The summed E-state index contributed by atoms with van der Waals surface area (Å²) in [5.74, 6) is 1.18. The molecule has 0 radical (unpaired) electrons. The van der Waals surface area contributed by atoms with Gasteiger partial charge in [-0.15, -0.1) is 0 Å². The molecule has 0 saturated carbocycles. The van der Waals surface area contributed by atoms with Crippen LogP contribution >= 0.6 is 27.5 Å². The van der Waals surface area contributed by atoms with Crippen molar-refractivity contribution in [2.45, 2.75) is 6.54 Å². The van der Waals surface area contributed by atoms with Crippen LogP contribution in [0.25, 0.3) is 0 Å². The topological polar surface area (TPSA) is 65.4 Å². The maximum absolute atomic E-state index is 12.5. The van der Waals surface area contributed by atoms with Gasteiger partial charge in [-0.2, -0.15) is 5.10 Å². The molecule has 0 aliphatic carbocycles. The summed E-state index contributed by atoms with van der Waals surface area (Å²) in [6.45, 7) is 0.558. The molecule has 0 fully saturated rings. The summed E-state index contributed by atoms with van der Waals surface area (Å²) < 4.78 is 12.8. The second kappa shape index (κ2) is 8.45. The van der Waals surface area contributed by atoms with E-state index >= 15 is 0 Å². The van der Waals surface area contributed by atoms with Crippen LogP contribution in [-0.2, 0) is 6.54 Å². The summed E-state index contributed by atoms with van der Waals surface area (Å²) in [4.78, 5) is 12.5. The van der Waals surface area contributed by atoms with Gasteiger partial charge in [0.05, 0.1) is 25.2 Å². The van der Waals surface area contributed by atoms with Crippen molar-refractivity contribution in [3.05, 3.63) is 69.3 Å². The minimum Gasteiger partial charge on any atom is -0.493 e. The number of methoxy groups -OCH3 is 2. The fourth-order valence-electron chi connectivity index (χ4n) is 2.50. The first-order valence-electron chi connectivity index (χ1n) is 8.01. The van der Waals surface area contributed by atoms with E-state index < -0.39 is 0 Å². The highest BCUT2D eigenvalue weighted by molar-refractivity contribution is 9.10. The molecule has 0 bridgehead atoms. The Balaban J connectivity index is 1.74. The van der Waals surface area contributed by atoms with E-state index in [0.29, 0.717) is 38.9 Å². The Morgan fingerprint density at radius 3 is 2.52 bits per heavy atom. The summed E-state index contributed by atoms with van der Waals surface area (Å²) in [5.41, 5.74) is 1.49. The normalized spacial score (nSPS) is 10.5. The SMILES string of the molecule is COc1ccc(C(=O)Nc2nn(Cc3ccc(Cl)cc3)cc2Br)cc1OC. The van der Waals surface area contributed by atoms with Gasteiger partial charge in [-0.1, -0.05) is 23.7 Å². The van der Waals surface area contributed by atoms with Crippen molar-refractivity contribution in [2.75, 3.05) is 19.5 Å². The predicted molar refractivity (Wildman–Crippen MR) is 108 cm³/mol. The van der Waals surface area contributed by atoms with Crippen molar-refractivity contribution in [3.63, 3.8) is 0 Å². The monoisotopic (exact) mass is 449 g/mol. The molecular weight excluding hydrogens is 434 g/mol. The number of aromatic nitrogens is 2. The molecule has 6 nitrogen and oxygen atoms in total. The molecule has 8 heteroatoms. The van der Waals surface area contributed by atoms with Gasteiger partial charge in [0.2, 0.25) is 0 Å². The molecule has 3 aromatic rings. The summed E-state index contributed by atoms with van der Waals surface area (Å²) in [7, 11) is 3.07. The zero-order valence-electron chi connectivity index (χ0n) is 14.7. The molecule has 0 unspecified atom stereocenters. The highest BCUT2D eigenvalue weighted by Crippen LogP contribution is 2.28. The molecule has 0 atom stereocenters. The first kappa shape index (κ1) is 19.3. The van der Waals surface area contributed by atoms with Crippen molar-refractivity contribution >= 4 is 39.3 Å². The average molecular weight is 451 g/mol. The highest BCUT2D eigenvalue weighted by atomic mass is 79.9. The first-order valence-corrected chi connectivity index (χ1v) is 9.18. The standard InChI is InChI=1S/C19H17BrClN3O3/c1-26-16-8-5-13(9-17(16)27-2)19(25)22-18-15(20)11-24(23-18)10-12-3-6-14(21)7-4-12/h3-9,11H,10H2,1-2H3,(H,22,23,25). The van der Waals surface area contributed by atoms with Crippen LogP contribution in [0, 0.1) is 0 Å². The third kappa shape index (κ3) is 4.61. The number of nitrogens with zero attached hydrogens (tertiary/aromatic N) is 2. The summed E-state index contributed by atoms with van der Waals surface area (Å²) in [6.07, 6.45) is 1.80. The van der Waals surface area contributed by atoms with E-state index in [1.807, 2.05) is 24.3 Å². The summed E-state index contributed by atoms with van der Waals surface area (Å²) in [5, 5.41) is 7.90. The number of carbonyl (C=O) groups excluding carboxylic acids is 1. The van der Waals surface area contributed by atoms with E-state index in [9.17, 15) is 4.79 Å². The predicted octanol–water partition coefficient (Wildman–Crippen LogP) is 4.62. The number of hydrogen-bond donors (Lipinski definition) is 1. The molecule has 140 valence electrons. The Labute approximate surface area is 170 Å². The molecular formula is C19H17BrClN3O3. The van der Waals surface area contributed by atoms with Gasteiger partial charge in [0, 0.05) is 16.8 Å². The lowest BCUT2D eigenvalue weighted by atomic mass is 10.2. The van der Waals surface area contributed by atoms with Crippen LogP contribution in [0.5, 0.6) is 11.5 Å². The number of benzene rings is 2. The Kier molecular flexibility index (Phi) is 6.03. The quantitative estimate of drug-likeness (QED) is 0.595. The fraction of sp³-hybridized carbons (Fsp3) is 0.158. The van der Waals surface area contributed by atoms with Gasteiger partial charge in [-0.3, -0.25) is 9.48 Å². The number of anilines is 1. The molecule has 2 aromatic carbocycles. The Morgan fingerprint density at radius 2 is 1.85 bits per heavy atom. The zero-order chi connectivity index (χ0) is 19.4. The molecule has 0 aliphatic rings. The molecule has 1 amide bonds. The van der Waals surface area contributed by atoms with Crippen LogP contribution in [0.4, 0.5) is 5.82 Å². The van der Waals surface area contributed by atoms with Crippen molar-refractivity contribution < 1.29 is 14.3 Å². The molecule has 3 rings (SSSR count). The minimum absolute atomic E-state index is 0.298. The average Bonchev–Trinajstić information content (AvgIpc) is 3.01. The van der Waals surface area contributed by atoms with Gasteiger partial charge < -0.3 is 14.8 Å². The number of amides is 1. The van der Waals surface area contributed by atoms with E-state index in [2.05, 4.69) is 26.3 Å². The van der Waals surface area contributed by atoms with Gasteiger partial charge in [0.25, 0.3) is 5.91 Å². The van der Waals surface area contributed by atoms with Crippen LogP contribution in [0.3, 0.4) is 0 Å². The van der Waals surface area contributed by atoms with Crippen molar-refractivity contribution in [1.29, 1.82) is 0 Å². The number of ether oxygens (including phenoxy) is 2. The second-order valence-corrected chi connectivity index (χ2v) is 6.96. The molecule has 1 N–H and O–H groups in total. The number of halogens is 2. The van der Waals surface area contributed by atoms with Crippen LogP contribution in [0.2, 0.25) is 5.02 Å². The molecule has 0 aliphatic heterocycles. The summed E-state index contributed by atoms with van der Waals surface area (Å²) >= 11 is 9.34. The van der Waals surface area contributed by atoms with Gasteiger partial charge in [0.15, 0.2) is 17.3 Å². The maximum Gasteiger partial charge on any atom is 0.257 e. The lowest BCUT2D eigenvalue weighted by molar-refractivity contribution is 0.102. The van der Waals surface area contributed by atoms with Gasteiger partial charge in [0.1, 0.15) is 0 Å². The fourth-order valence-corrected chi connectivity index (χ4v) is 3.04. The Bertz CT molecular complexity index is 957. The lowest BCUT2D eigenvalue weighted by Crippen LogP contribution is -2.13. The second-order valence-electron chi connectivity index (χ2n) is 5.67. The lowest BCUT2D eigenvalue weighted by Gasteiger charge is -2.09. The van der Waals surface area contributed by atoms with E-state index in [-0.39, 0.29) is 5.91 Å². The molecule has 1 aromatic heterocycles. The van der Waals surface area contributed by atoms with Gasteiger partial charge in [-0.05, 0) is 51.8 Å². The number of rotatable bonds is 6. The number of carbonyl (C=O) groups is 1. The molecule has 0 spiro atoms. The van der Waals surface area contributed by atoms with Crippen LogP contribution in [0.15, 0.2) is 53.1 Å². The van der Waals surface area contributed by atoms with Gasteiger partial charge >= 0.3 is 0 Å². The third-order valence-corrected chi connectivity index (χ3v) is 4.68.